The summed E-state index contributed by atoms with van der Waals surface area (Å²) in [4.78, 5) is 38.8. The molecule has 7 nitrogen and oxygen atoms in total. The average Bonchev–Trinajstić information content (AvgIpc) is 2.97. The Morgan fingerprint density at radius 2 is 2.00 bits per heavy atom. The number of oxazole rings is 1. The fraction of sp³-hybridized carbons (Fsp3) is 0.211. The van der Waals surface area contributed by atoms with Gasteiger partial charge in [-0.2, -0.15) is 0 Å². The number of aromatic nitrogens is 1. The summed E-state index contributed by atoms with van der Waals surface area (Å²) in [6.07, 6.45) is 0. The Morgan fingerprint density at radius 1 is 1.19 bits per heavy atom. The number of hydrogen-bond donors (Lipinski definition) is 1. The van der Waals surface area contributed by atoms with Gasteiger partial charge in [0.1, 0.15) is 18.4 Å². The minimum absolute atomic E-state index is 0.260. The van der Waals surface area contributed by atoms with Crippen molar-refractivity contribution in [1.82, 2.24) is 14.8 Å². The van der Waals surface area contributed by atoms with E-state index in [4.69, 9.17) is 4.42 Å². The van der Waals surface area contributed by atoms with E-state index >= 15 is 0 Å². The van der Waals surface area contributed by atoms with Crippen LogP contribution in [-0.4, -0.2) is 34.4 Å². The van der Waals surface area contributed by atoms with Crippen molar-refractivity contribution in [2.45, 2.75) is 12.6 Å². The van der Waals surface area contributed by atoms with Crippen LogP contribution in [0.25, 0.3) is 11.1 Å². The van der Waals surface area contributed by atoms with Gasteiger partial charge in [0.2, 0.25) is 11.8 Å². The van der Waals surface area contributed by atoms with Gasteiger partial charge in [-0.05, 0) is 29.8 Å². The Kier molecular flexibility index (Phi) is 4.23. The Labute approximate surface area is 153 Å². The van der Waals surface area contributed by atoms with Crippen LogP contribution in [0.3, 0.4) is 0 Å². The predicted octanol–water partition coefficient (Wildman–Crippen LogP) is 1.43. The maximum atomic E-state index is 13.6. The summed E-state index contributed by atoms with van der Waals surface area (Å²) in [5, 5.41) is 2.69. The summed E-state index contributed by atoms with van der Waals surface area (Å²) in [5.41, 5.74) is 1.26. The molecule has 2 heterocycles. The predicted molar refractivity (Wildman–Crippen MR) is 94.3 cm³/mol. The highest BCUT2D eigenvalue weighted by Gasteiger charge is 2.34. The number of rotatable bonds is 3. The normalized spacial score (nSPS) is 17.1. The summed E-state index contributed by atoms with van der Waals surface area (Å²) >= 11 is 0. The standard InChI is InChI=1S/C19H16FN3O4/c20-13-5-3-4-12(10-13)17-18(25)21-8-9-22(17)16(24)11-23-14-6-1-2-7-15(14)27-19(23)26/h1-7,10,17H,8-9,11H2,(H,21,25). The van der Waals surface area contributed by atoms with Crippen molar-refractivity contribution in [3.05, 3.63) is 70.5 Å². The number of benzene rings is 2. The number of para-hydroxylation sites is 2. The second-order valence-corrected chi connectivity index (χ2v) is 6.26. The SMILES string of the molecule is O=C1NCCN(C(=O)Cn2c(=O)oc3ccccc32)C1c1cccc(F)c1. The lowest BCUT2D eigenvalue weighted by atomic mass is 10.0. The molecular formula is C19H16FN3O4. The van der Waals surface area contributed by atoms with E-state index in [1.54, 1.807) is 30.3 Å². The molecule has 27 heavy (non-hydrogen) atoms. The van der Waals surface area contributed by atoms with Gasteiger partial charge >= 0.3 is 5.76 Å². The van der Waals surface area contributed by atoms with Crippen molar-refractivity contribution >= 4 is 22.9 Å². The zero-order valence-corrected chi connectivity index (χ0v) is 14.2. The van der Waals surface area contributed by atoms with Gasteiger partial charge < -0.3 is 14.6 Å². The quantitative estimate of drug-likeness (QED) is 0.757. The molecule has 0 aliphatic carbocycles. The molecule has 1 fully saturated rings. The van der Waals surface area contributed by atoms with Crippen molar-refractivity contribution in [3.63, 3.8) is 0 Å². The number of amides is 2. The number of carbonyl (C=O) groups is 2. The zero-order valence-electron chi connectivity index (χ0n) is 14.2. The van der Waals surface area contributed by atoms with Gasteiger partial charge in [0.15, 0.2) is 5.58 Å². The number of carbonyl (C=O) groups excluding carboxylic acids is 2. The lowest BCUT2D eigenvalue weighted by Crippen LogP contribution is -2.53. The zero-order chi connectivity index (χ0) is 19.0. The maximum Gasteiger partial charge on any atom is 0.420 e. The largest absolute Gasteiger partial charge is 0.420 e. The van der Waals surface area contributed by atoms with Crippen molar-refractivity contribution in [3.8, 4) is 0 Å². The van der Waals surface area contributed by atoms with E-state index in [0.29, 0.717) is 16.7 Å². The summed E-state index contributed by atoms with van der Waals surface area (Å²) < 4.78 is 20.0. The second-order valence-electron chi connectivity index (χ2n) is 6.26. The van der Waals surface area contributed by atoms with Crippen LogP contribution in [0.1, 0.15) is 11.6 Å². The van der Waals surface area contributed by atoms with Gasteiger partial charge in [-0.25, -0.2) is 9.18 Å². The molecular weight excluding hydrogens is 353 g/mol. The van der Waals surface area contributed by atoms with E-state index < -0.39 is 23.5 Å². The highest BCUT2D eigenvalue weighted by atomic mass is 19.1. The molecule has 8 heteroatoms. The smallest absolute Gasteiger partial charge is 0.408 e. The Morgan fingerprint density at radius 3 is 2.81 bits per heavy atom. The van der Waals surface area contributed by atoms with E-state index in [9.17, 15) is 18.8 Å². The number of hydrogen-bond acceptors (Lipinski definition) is 4. The molecule has 0 spiro atoms. The first-order valence-electron chi connectivity index (χ1n) is 8.45. The first-order chi connectivity index (χ1) is 13.0. The summed E-state index contributed by atoms with van der Waals surface area (Å²) in [6, 6.07) is 11.4. The minimum Gasteiger partial charge on any atom is -0.408 e. The highest BCUT2D eigenvalue weighted by Crippen LogP contribution is 2.24. The topological polar surface area (TPSA) is 84.5 Å². The van der Waals surface area contributed by atoms with Gasteiger partial charge in [-0.3, -0.25) is 14.2 Å². The summed E-state index contributed by atoms with van der Waals surface area (Å²) in [7, 11) is 0. The Bertz CT molecular complexity index is 1090. The molecule has 1 aliphatic rings. The highest BCUT2D eigenvalue weighted by molar-refractivity contribution is 5.90. The van der Waals surface area contributed by atoms with E-state index in [0.717, 1.165) is 0 Å². The van der Waals surface area contributed by atoms with Gasteiger partial charge in [0.05, 0.1) is 5.52 Å². The molecule has 1 aliphatic heterocycles. The van der Waals surface area contributed by atoms with Crippen LogP contribution in [0.5, 0.6) is 0 Å². The maximum absolute atomic E-state index is 13.6. The minimum atomic E-state index is -0.948. The molecule has 1 unspecified atom stereocenters. The third-order valence-electron chi connectivity index (χ3n) is 4.56. The molecule has 1 saturated heterocycles. The molecule has 0 bridgehead atoms. The second kappa shape index (κ2) is 6.71. The lowest BCUT2D eigenvalue weighted by Gasteiger charge is -2.35. The molecule has 0 saturated carbocycles. The van der Waals surface area contributed by atoms with E-state index in [-0.39, 0.29) is 25.5 Å². The fourth-order valence-electron chi connectivity index (χ4n) is 3.33. The molecule has 138 valence electrons. The number of fused-ring (bicyclic) bond motifs is 1. The summed E-state index contributed by atoms with van der Waals surface area (Å²) in [6.45, 7) is 0.280. The van der Waals surface area contributed by atoms with Crippen LogP contribution < -0.4 is 11.1 Å². The fourth-order valence-corrected chi connectivity index (χ4v) is 3.33. The molecule has 2 aromatic carbocycles. The third kappa shape index (κ3) is 3.10. The number of piperazine rings is 1. The summed E-state index contributed by atoms with van der Waals surface area (Å²) in [5.74, 6) is -1.94. The van der Waals surface area contributed by atoms with E-state index in [1.807, 2.05) is 0 Å². The van der Waals surface area contributed by atoms with Crippen LogP contribution in [0.15, 0.2) is 57.7 Å². The number of nitrogens with zero attached hydrogens (tertiary/aromatic N) is 2. The number of halogens is 1. The Balaban J connectivity index is 1.67. The first-order valence-corrected chi connectivity index (χ1v) is 8.45. The molecule has 1 N–H and O–H groups in total. The van der Waals surface area contributed by atoms with Gasteiger partial charge in [-0.1, -0.05) is 24.3 Å². The third-order valence-corrected chi connectivity index (χ3v) is 4.56. The monoisotopic (exact) mass is 369 g/mol. The van der Waals surface area contributed by atoms with Crippen molar-refractivity contribution < 1.29 is 18.4 Å². The molecule has 2 amide bonds. The van der Waals surface area contributed by atoms with Crippen LogP contribution >= 0.6 is 0 Å². The average molecular weight is 369 g/mol. The van der Waals surface area contributed by atoms with Crippen LogP contribution in [-0.2, 0) is 16.1 Å². The first kappa shape index (κ1) is 17.0. The Hall–Kier alpha value is -3.42. The molecule has 4 rings (SSSR count). The van der Waals surface area contributed by atoms with E-state index in [2.05, 4.69) is 5.32 Å². The van der Waals surface area contributed by atoms with Crippen molar-refractivity contribution in [1.29, 1.82) is 0 Å². The lowest BCUT2D eigenvalue weighted by molar-refractivity contribution is -0.144. The van der Waals surface area contributed by atoms with Crippen LogP contribution in [0.2, 0.25) is 0 Å². The van der Waals surface area contributed by atoms with Gasteiger partial charge in [0, 0.05) is 13.1 Å². The van der Waals surface area contributed by atoms with Crippen molar-refractivity contribution in [2.75, 3.05) is 13.1 Å². The molecule has 0 radical (unpaired) electrons. The molecule has 3 aromatic rings. The van der Waals surface area contributed by atoms with Crippen molar-refractivity contribution in [2.24, 2.45) is 0 Å². The van der Waals surface area contributed by atoms with Gasteiger partial charge in [-0.15, -0.1) is 0 Å². The molecule has 1 atom stereocenters. The van der Waals surface area contributed by atoms with Gasteiger partial charge in [0.25, 0.3) is 0 Å². The van der Waals surface area contributed by atoms with Crippen LogP contribution in [0.4, 0.5) is 4.39 Å². The molecule has 1 aromatic heterocycles. The van der Waals surface area contributed by atoms with Crippen LogP contribution in [0, 0.1) is 5.82 Å². The number of nitrogens with one attached hydrogen (secondary N) is 1. The van der Waals surface area contributed by atoms with E-state index in [1.165, 1.54) is 27.7 Å².